The fraction of sp³-hybridized carbons (Fsp3) is 0.226. The summed E-state index contributed by atoms with van der Waals surface area (Å²) in [6.45, 7) is 1.67. The molecule has 0 aromatic heterocycles. The van der Waals surface area contributed by atoms with Gasteiger partial charge in [-0.2, -0.15) is 0 Å². The van der Waals surface area contributed by atoms with Crippen molar-refractivity contribution in [2.24, 2.45) is 0 Å². The van der Waals surface area contributed by atoms with Crippen LogP contribution in [0.1, 0.15) is 35.3 Å². The lowest BCUT2D eigenvalue weighted by Gasteiger charge is -2.42. The molecule has 0 amide bonds. The molecule has 0 saturated carbocycles. The van der Waals surface area contributed by atoms with E-state index in [2.05, 4.69) is 126 Å². The van der Waals surface area contributed by atoms with Gasteiger partial charge >= 0.3 is 0 Å². The van der Waals surface area contributed by atoms with Crippen molar-refractivity contribution >= 4 is 26.8 Å². The largest absolute Gasteiger partial charge is 0.383 e. The predicted molar refractivity (Wildman–Crippen MR) is 152 cm³/mol. The molecule has 1 aliphatic heterocycles. The number of hydrogen-bond donors (Lipinski definition) is 0. The standard InChI is InChI=1S/C31H33NOP2/c1-33-25-24-32(34(28-18-10-4-11-19-28)29-20-12-5-13-21-29)35-30(26-14-6-2-7-15-26)22-23-31(35)27-16-8-3-9-17-27/h2-21,30-31H,22-25H2,1H3/t30-,31-/m1/s1. The third-order valence-corrected chi connectivity index (χ3v) is 13.2. The summed E-state index contributed by atoms with van der Waals surface area (Å²) in [7, 11) is 0.637. The summed E-state index contributed by atoms with van der Waals surface area (Å²) in [5, 5.41) is 2.83. The van der Waals surface area contributed by atoms with Crippen LogP contribution in [0.4, 0.5) is 0 Å². The summed E-state index contributed by atoms with van der Waals surface area (Å²) < 4.78 is 8.59. The van der Waals surface area contributed by atoms with E-state index in [-0.39, 0.29) is 0 Å². The van der Waals surface area contributed by atoms with Crippen LogP contribution in [0.15, 0.2) is 121 Å². The van der Waals surface area contributed by atoms with Crippen molar-refractivity contribution in [1.29, 1.82) is 0 Å². The summed E-state index contributed by atoms with van der Waals surface area (Å²) in [4.78, 5) is 0. The zero-order valence-electron chi connectivity index (χ0n) is 20.3. The van der Waals surface area contributed by atoms with E-state index >= 15 is 0 Å². The van der Waals surface area contributed by atoms with Crippen molar-refractivity contribution in [1.82, 2.24) is 4.44 Å². The molecule has 4 heteroatoms. The molecule has 178 valence electrons. The molecule has 1 saturated heterocycles. The minimum Gasteiger partial charge on any atom is -0.383 e. The van der Waals surface area contributed by atoms with Crippen molar-refractivity contribution in [3.05, 3.63) is 132 Å². The Morgan fingerprint density at radius 2 is 1.06 bits per heavy atom. The number of nitrogens with zero attached hydrogens (tertiary/aromatic N) is 1. The zero-order chi connectivity index (χ0) is 23.9. The van der Waals surface area contributed by atoms with Gasteiger partial charge in [0.25, 0.3) is 0 Å². The van der Waals surface area contributed by atoms with Gasteiger partial charge in [0.2, 0.25) is 0 Å². The molecule has 0 unspecified atom stereocenters. The number of ether oxygens (including phenoxy) is 1. The van der Waals surface area contributed by atoms with Crippen molar-refractivity contribution in [2.45, 2.75) is 24.2 Å². The second-order valence-corrected chi connectivity index (χ2v) is 13.8. The maximum atomic E-state index is 5.71. The molecular formula is C31H33NOP2. The monoisotopic (exact) mass is 497 g/mol. The van der Waals surface area contributed by atoms with E-state index in [9.17, 15) is 0 Å². The molecule has 0 aliphatic carbocycles. The smallest absolute Gasteiger partial charge is 0.0596 e. The molecule has 0 spiro atoms. The molecule has 5 rings (SSSR count). The average molecular weight is 498 g/mol. The lowest BCUT2D eigenvalue weighted by molar-refractivity contribution is 0.195. The molecule has 2 nitrogen and oxygen atoms in total. The fourth-order valence-corrected chi connectivity index (χ4v) is 12.5. The topological polar surface area (TPSA) is 12.5 Å². The third-order valence-electron chi connectivity index (χ3n) is 6.72. The van der Waals surface area contributed by atoms with Gasteiger partial charge in [0.1, 0.15) is 0 Å². The van der Waals surface area contributed by atoms with Crippen molar-refractivity contribution in [2.75, 3.05) is 20.3 Å². The molecule has 1 aliphatic rings. The molecule has 4 aromatic carbocycles. The Morgan fingerprint density at radius 3 is 1.46 bits per heavy atom. The Hall–Kier alpha value is -2.34. The van der Waals surface area contributed by atoms with Crippen molar-refractivity contribution < 1.29 is 4.74 Å². The van der Waals surface area contributed by atoms with Crippen molar-refractivity contribution in [3.8, 4) is 0 Å². The maximum absolute atomic E-state index is 5.71. The van der Waals surface area contributed by atoms with Crippen LogP contribution in [0.3, 0.4) is 0 Å². The Morgan fingerprint density at radius 1 is 0.657 bits per heavy atom. The van der Waals surface area contributed by atoms with Crippen LogP contribution < -0.4 is 10.6 Å². The molecule has 0 bridgehead atoms. The van der Waals surface area contributed by atoms with Gasteiger partial charge < -0.3 is 4.74 Å². The highest BCUT2D eigenvalue weighted by molar-refractivity contribution is 7.79. The van der Waals surface area contributed by atoms with Gasteiger partial charge in [-0.1, -0.05) is 121 Å². The fourth-order valence-electron chi connectivity index (χ4n) is 5.15. The van der Waals surface area contributed by atoms with Gasteiger partial charge in [-0.25, -0.2) is 4.44 Å². The van der Waals surface area contributed by atoms with Gasteiger partial charge in [0, 0.05) is 33.0 Å². The first-order chi connectivity index (χ1) is 17.4. The minimum atomic E-state index is -0.689. The summed E-state index contributed by atoms with van der Waals surface area (Å²) in [5.41, 5.74) is 4.06. The van der Waals surface area contributed by atoms with Crippen LogP contribution in [-0.2, 0) is 4.74 Å². The summed E-state index contributed by atoms with van der Waals surface area (Å²) in [6.07, 6.45) is 2.46. The van der Waals surface area contributed by atoms with Crippen LogP contribution in [-0.4, -0.2) is 24.7 Å². The number of benzene rings is 4. The summed E-state index contributed by atoms with van der Waals surface area (Å²) >= 11 is 0. The minimum absolute atomic E-state index is 0.504. The molecule has 35 heavy (non-hydrogen) atoms. The molecule has 0 N–H and O–H groups in total. The molecule has 1 heterocycles. The second kappa shape index (κ2) is 12.1. The average Bonchev–Trinajstić information content (AvgIpc) is 3.38. The number of methoxy groups -OCH3 is 1. The highest BCUT2D eigenvalue weighted by Crippen LogP contribution is 2.76. The normalized spacial score (nSPS) is 18.4. The van der Waals surface area contributed by atoms with Gasteiger partial charge in [0.05, 0.1) is 6.61 Å². The lowest BCUT2D eigenvalue weighted by atomic mass is 10.0. The molecule has 2 atom stereocenters. The number of rotatable bonds is 9. The quantitative estimate of drug-likeness (QED) is 0.220. The van der Waals surface area contributed by atoms with Gasteiger partial charge in [-0.05, 0) is 42.6 Å². The predicted octanol–water partition coefficient (Wildman–Crippen LogP) is 7.66. The Labute approximate surface area is 212 Å². The van der Waals surface area contributed by atoms with Crippen LogP contribution >= 0.6 is 16.1 Å². The first-order valence-electron chi connectivity index (χ1n) is 12.4. The SMILES string of the molecule is COCCN(P(c1ccccc1)c1ccccc1)P1[C@@H](c2ccccc2)CC[C@@H]1c1ccccc1. The van der Waals surface area contributed by atoms with E-state index in [4.69, 9.17) is 4.74 Å². The summed E-state index contributed by atoms with van der Waals surface area (Å²) in [6, 6.07) is 44.7. The van der Waals surface area contributed by atoms with Crippen LogP contribution in [0.25, 0.3) is 0 Å². The van der Waals surface area contributed by atoms with Crippen LogP contribution in [0.5, 0.6) is 0 Å². The lowest BCUT2D eigenvalue weighted by Crippen LogP contribution is -2.29. The zero-order valence-corrected chi connectivity index (χ0v) is 22.1. The van der Waals surface area contributed by atoms with E-state index in [1.54, 1.807) is 0 Å². The van der Waals surface area contributed by atoms with E-state index < -0.39 is 16.1 Å². The highest BCUT2D eigenvalue weighted by Gasteiger charge is 2.44. The van der Waals surface area contributed by atoms with E-state index in [0.29, 0.717) is 11.3 Å². The highest BCUT2D eigenvalue weighted by atomic mass is 31.2. The molecule has 4 aromatic rings. The Balaban J connectivity index is 1.65. The third kappa shape index (κ3) is 5.58. The molecular weight excluding hydrogens is 464 g/mol. The van der Waals surface area contributed by atoms with E-state index in [1.165, 1.54) is 34.6 Å². The van der Waals surface area contributed by atoms with Gasteiger partial charge in [-0.15, -0.1) is 0 Å². The van der Waals surface area contributed by atoms with Crippen LogP contribution in [0.2, 0.25) is 0 Å². The Kier molecular flexibility index (Phi) is 8.40. The second-order valence-electron chi connectivity index (χ2n) is 8.88. The van der Waals surface area contributed by atoms with Gasteiger partial charge in [0.15, 0.2) is 0 Å². The van der Waals surface area contributed by atoms with E-state index in [1.807, 2.05) is 7.11 Å². The first kappa shape index (κ1) is 24.4. The maximum Gasteiger partial charge on any atom is 0.0596 e. The van der Waals surface area contributed by atoms with Crippen molar-refractivity contribution in [3.63, 3.8) is 0 Å². The Bertz CT molecular complexity index is 1070. The molecule has 0 radical (unpaired) electrons. The van der Waals surface area contributed by atoms with Crippen LogP contribution in [0, 0.1) is 0 Å². The van der Waals surface area contributed by atoms with Gasteiger partial charge in [-0.3, -0.25) is 0 Å². The number of hydrogen-bond acceptors (Lipinski definition) is 2. The first-order valence-corrected chi connectivity index (χ1v) is 15.1. The summed E-state index contributed by atoms with van der Waals surface area (Å²) in [5.74, 6) is 0. The molecule has 1 fully saturated rings. The van der Waals surface area contributed by atoms with E-state index in [0.717, 1.165) is 13.2 Å².